The van der Waals surface area contributed by atoms with E-state index >= 15 is 0 Å². The fourth-order valence-electron chi connectivity index (χ4n) is 1.60. The molecule has 0 saturated heterocycles. The Labute approximate surface area is 121 Å². The molecule has 2 aromatic heterocycles. The molecule has 2 rings (SSSR count). The number of aryl methyl sites for hydroxylation is 1. The van der Waals surface area contributed by atoms with Gasteiger partial charge in [-0.2, -0.15) is 0 Å². The number of nitrogens with one attached hydrogen (secondary N) is 2. The Hall–Kier alpha value is -2.57. The van der Waals surface area contributed by atoms with Gasteiger partial charge in [0.15, 0.2) is 5.82 Å². The minimum Gasteiger partial charge on any atom is -0.467 e. The Morgan fingerprint density at radius 1 is 1.33 bits per heavy atom. The molecule has 2 N–H and O–H groups in total. The van der Waals surface area contributed by atoms with Crippen molar-refractivity contribution < 1.29 is 18.5 Å². The van der Waals surface area contributed by atoms with Crippen LogP contribution in [0.1, 0.15) is 25.4 Å². The molecule has 7 nitrogen and oxygen atoms in total. The van der Waals surface area contributed by atoms with Gasteiger partial charge in [-0.25, -0.2) is 0 Å². The summed E-state index contributed by atoms with van der Waals surface area (Å²) in [7, 11) is 0. The molecule has 0 aliphatic rings. The van der Waals surface area contributed by atoms with Crippen molar-refractivity contribution in [3.8, 4) is 0 Å². The lowest BCUT2D eigenvalue weighted by atomic mass is 9.91. The highest BCUT2D eigenvalue weighted by Gasteiger charge is 2.36. The molecule has 0 bridgehead atoms. The van der Waals surface area contributed by atoms with Crippen LogP contribution in [0.25, 0.3) is 0 Å². The highest BCUT2D eigenvalue weighted by atomic mass is 16.5. The average Bonchev–Trinajstić information content (AvgIpc) is 3.07. The molecule has 0 aromatic carbocycles. The summed E-state index contributed by atoms with van der Waals surface area (Å²) in [5.41, 5.74) is -1.25. The molecule has 21 heavy (non-hydrogen) atoms. The van der Waals surface area contributed by atoms with E-state index in [0.29, 0.717) is 11.5 Å². The summed E-state index contributed by atoms with van der Waals surface area (Å²) >= 11 is 0. The van der Waals surface area contributed by atoms with E-state index in [0.717, 1.165) is 0 Å². The number of furan rings is 1. The van der Waals surface area contributed by atoms with Gasteiger partial charge in [0.1, 0.15) is 16.9 Å². The zero-order valence-corrected chi connectivity index (χ0v) is 12.1. The summed E-state index contributed by atoms with van der Waals surface area (Å²) in [6, 6.07) is 5.05. The SMILES string of the molecule is Cc1cc(NC(=O)C(C)(C)C(=O)NCc2ccco2)no1. The fourth-order valence-corrected chi connectivity index (χ4v) is 1.60. The minimum atomic E-state index is -1.25. The standard InChI is InChI=1S/C14H17N3O4/c1-9-7-11(17-21-9)16-13(19)14(2,3)12(18)15-8-10-5-4-6-20-10/h4-7H,8H2,1-3H3,(H,15,18)(H,16,17,19). The van der Waals surface area contributed by atoms with E-state index in [-0.39, 0.29) is 12.4 Å². The molecule has 0 atom stereocenters. The zero-order valence-electron chi connectivity index (χ0n) is 12.1. The second kappa shape index (κ2) is 5.82. The Bertz CT molecular complexity index is 628. The van der Waals surface area contributed by atoms with Crippen molar-refractivity contribution in [1.29, 1.82) is 0 Å². The first kappa shape index (κ1) is 14.8. The molecule has 7 heteroatoms. The minimum absolute atomic E-state index is 0.228. The van der Waals surface area contributed by atoms with Crippen LogP contribution in [0.4, 0.5) is 5.82 Å². The lowest BCUT2D eigenvalue weighted by Crippen LogP contribution is -2.44. The van der Waals surface area contributed by atoms with E-state index in [1.807, 2.05) is 0 Å². The molecule has 0 aliphatic carbocycles. The third kappa shape index (κ3) is 3.50. The van der Waals surface area contributed by atoms with E-state index in [4.69, 9.17) is 8.94 Å². The van der Waals surface area contributed by atoms with Gasteiger partial charge in [0.25, 0.3) is 0 Å². The van der Waals surface area contributed by atoms with Crippen molar-refractivity contribution in [1.82, 2.24) is 10.5 Å². The Morgan fingerprint density at radius 3 is 2.67 bits per heavy atom. The van der Waals surface area contributed by atoms with Gasteiger partial charge in [0.05, 0.1) is 12.8 Å². The third-order valence-electron chi connectivity index (χ3n) is 3.01. The molecular formula is C14H17N3O4. The van der Waals surface area contributed by atoms with Crippen molar-refractivity contribution in [3.63, 3.8) is 0 Å². The largest absolute Gasteiger partial charge is 0.467 e. The molecule has 2 heterocycles. The van der Waals surface area contributed by atoms with Crippen molar-refractivity contribution in [2.75, 3.05) is 5.32 Å². The van der Waals surface area contributed by atoms with Gasteiger partial charge in [0.2, 0.25) is 11.8 Å². The van der Waals surface area contributed by atoms with E-state index in [9.17, 15) is 9.59 Å². The van der Waals surface area contributed by atoms with E-state index < -0.39 is 17.2 Å². The van der Waals surface area contributed by atoms with Crippen molar-refractivity contribution in [2.45, 2.75) is 27.3 Å². The molecule has 0 fully saturated rings. The maximum Gasteiger partial charge on any atom is 0.240 e. The zero-order chi connectivity index (χ0) is 15.5. The summed E-state index contributed by atoms with van der Waals surface area (Å²) in [5, 5.41) is 8.87. The maximum absolute atomic E-state index is 12.2. The number of nitrogens with zero attached hydrogens (tertiary/aromatic N) is 1. The van der Waals surface area contributed by atoms with Crippen LogP contribution in [0.15, 0.2) is 33.4 Å². The molecule has 0 spiro atoms. The molecule has 2 aromatic rings. The van der Waals surface area contributed by atoms with Gasteiger partial charge in [-0.3, -0.25) is 9.59 Å². The summed E-state index contributed by atoms with van der Waals surface area (Å²) in [4.78, 5) is 24.3. The van der Waals surface area contributed by atoms with Crippen LogP contribution < -0.4 is 10.6 Å². The van der Waals surface area contributed by atoms with Crippen LogP contribution >= 0.6 is 0 Å². The van der Waals surface area contributed by atoms with E-state index in [1.54, 1.807) is 25.1 Å². The van der Waals surface area contributed by atoms with Crippen LogP contribution in [-0.2, 0) is 16.1 Å². The van der Waals surface area contributed by atoms with Crippen LogP contribution in [0.2, 0.25) is 0 Å². The first-order valence-corrected chi connectivity index (χ1v) is 6.45. The first-order chi connectivity index (χ1) is 9.89. The number of aromatic nitrogens is 1. The maximum atomic E-state index is 12.2. The van der Waals surface area contributed by atoms with Gasteiger partial charge in [0, 0.05) is 6.07 Å². The predicted molar refractivity (Wildman–Crippen MR) is 74.2 cm³/mol. The summed E-state index contributed by atoms with van der Waals surface area (Å²) < 4.78 is 9.98. The number of carbonyl (C=O) groups excluding carboxylic acids is 2. The Morgan fingerprint density at radius 2 is 2.10 bits per heavy atom. The summed E-state index contributed by atoms with van der Waals surface area (Å²) in [5.74, 6) is 0.603. The molecule has 112 valence electrons. The topological polar surface area (TPSA) is 97.4 Å². The number of amides is 2. The predicted octanol–water partition coefficient (Wildman–Crippen LogP) is 1.86. The summed E-state index contributed by atoms with van der Waals surface area (Å²) in [6.45, 7) is 5.01. The molecule has 2 amide bonds. The lowest BCUT2D eigenvalue weighted by molar-refractivity contribution is -0.138. The average molecular weight is 291 g/mol. The molecular weight excluding hydrogens is 274 g/mol. The first-order valence-electron chi connectivity index (χ1n) is 6.45. The van der Waals surface area contributed by atoms with E-state index in [2.05, 4.69) is 15.8 Å². The second-order valence-electron chi connectivity index (χ2n) is 5.16. The molecule has 0 unspecified atom stereocenters. The number of hydrogen-bond donors (Lipinski definition) is 2. The van der Waals surface area contributed by atoms with Crippen LogP contribution in [0.3, 0.4) is 0 Å². The normalized spacial score (nSPS) is 11.2. The highest BCUT2D eigenvalue weighted by Crippen LogP contribution is 2.19. The van der Waals surface area contributed by atoms with Crippen molar-refractivity contribution in [2.24, 2.45) is 5.41 Å². The summed E-state index contributed by atoms with van der Waals surface area (Å²) in [6.07, 6.45) is 1.52. The fraction of sp³-hybridized carbons (Fsp3) is 0.357. The number of carbonyl (C=O) groups is 2. The number of rotatable bonds is 5. The number of anilines is 1. The van der Waals surface area contributed by atoms with Gasteiger partial charge in [-0.1, -0.05) is 5.16 Å². The van der Waals surface area contributed by atoms with Gasteiger partial charge in [-0.15, -0.1) is 0 Å². The van der Waals surface area contributed by atoms with Crippen LogP contribution in [0.5, 0.6) is 0 Å². The van der Waals surface area contributed by atoms with E-state index in [1.165, 1.54) is 20.1 Å². The molecule has 0 saturated carbocycles. The van der Waals surface area contributed by atoms with Crippen LogP contribution in [-0.4, -0.2) is 17.0 Å². The van der Waals surface area contributed by atoms with Gasteiger partial charge >= 0.3 is 0 Å². The van der Waals surface area contributed by atoms with Crippen LogP contribution in [0, 0.1) is 12.3 Å². The molecule has 0 radical (unpaired) electrons. The second-order valence-corrected chi connectivity index (χ2v) is 5.16. The monoisotopic (exact) mass is 291 g/mol. The smallest absolute Gasteiger partial charge is 0.240 e. The Kier molecular flexibility index (Phi) is 4.11. The highest BCUT2D eigenvalue weighted by molar-refractivity contribution is 6.09. The third-order valence-corrected chi connectivity index (χ3v) is 3.01. The lowest BCUT2D eigenvalue weighted by Gasteiger charge is -2.21. The van der Waals surface area contributed by atoms with Gasteiger partial charge in [-0.05, 0) is 32.9 Å². The Balaban J connectivity index is 1.95. The van der Waals surface area contributed by atoms with Gasteiger partial charge < -0.3 is 19.6 Å². The molecule has 0 aliphatic heterocycles. The van der Waals surface area contributed by atoms with Crippen molar-refractivity contribution >= 4 is 17.6 Å². The van der Waals surface area contributed by atoms with Crippen molar-refractivity contribution in [3.05, 3.63) is 36.0 Å². The number of hydrogen-bond acceptors (Lipinski definition) is 5. The quantitative estimate of drug-likeness (QED) is 0.819.